The molecule has 4 nitrogen and oxygen atoms in total. The third kappa shape index (κ3) is 2.28. The van der Waals surface area contributed by atoms with Crippen LogP contribution in [0.3, 0.4) is 0 Å². The highest BCUT2D eigenvalue weighted by Gasteiger charge is 2.59. The van der Waals surface area contributed by atoms with Gasteiger partial charge in [-0.2, -0.15) is 4.31 Å². The molecule has 2 aliphatic rings. The van der Waals surface area contributed by atoms with E-state index in [2.05, 4.69) is 18.7 Å². The van der Waals surface area contributed by atoms with E-state index in [-0.39, 0.29) is 5.54 Å². The van der Waals surface area contributed by atoms with E-state index in [4.69, 9.17) is 0 Å². The topological polar surface area (TPSA) is 40.4 Å². The van der Waals surface area contributed by atoms with Crippen molar-refractivity contribution < 1.29 is 8.42 Å². The largest absolute Gasteiger partial charge is 0.301 e. The van der Waals surface area contributed by atoms with Gasteiger partial charge in [0.2, 0.25) is 10.0 Å². The molecule has 0 aromatic heterocycles. The van der Waals surface area contributed by atoms with Gasteiger partial charge in [0, 0.05) is 25.7 Å². The lowest BCUT2D eigenvalue weighted by Gasteiger charge is -2.34. The first-order valence-corrected chi connectivity index (χ1v) is 8.72. The Kier molecular flexibility index (Phi) is 3.39. The lowest BCUT2D eigenvalue weighted by atomic mass is 9.96. The van der Waals surface area contributed by atoms with Crippen molar-refractivity contribution >= 4 is 10.0 Å². The third-order valence-corrected chi connectivity index (χ3v) is 6.62. The van der Waals surface area contributed by atoms with Crippen LogP contribution < -0.4 is 0 Å². The quantitative estimate of drug-likeness (QED) is 0.800. The Hall–Kier alpha value is -0.910. The van der Waals surface area contributed by atoms with Gasteiger partial charge in [-0.05, 0) is 38.8 Å². The Morgan fingerprint density at radius 3 is 2.25 bits per heavy atom. The van der Waals surface area contributed by atoms with E-state index in [0.717, 1.165) is 25.9 Å². The van der Waals surface area contributed by atoms with Crippen molar-refractivity contribution in [2.45, 2.75) is 43.2 Å². The maximum absolute atomic E-state index is 12.6. The molecule has 0 amide bonds. The van der Waals surface area contributed by atoms with Crippen LogP contribution in [0.4, 0.5) is 0 Å². The fraction of sp³-hybridized carbons (Fsp3) is 0.600. The summed E-state index contributed by atoms with van der Waals surface area (Å²) in [5.41, 5.74) is -0.0972. The van der Waals surface area contributed by atoms with Crippen LogP contribution in [0.1, 0.15) is 26.7 Å². The molecule has 0 N–H and O–H groups in total. The Bertz CT molecular complexity index is 575. The first-order valence-electron chi connectivity index (χ1n) is 7.28. The molecular weight excluding hydrogens is 272 g/mol. The fourth-order valence-corrected chi connectivity index (χ4v) is 5.01. The number of hydrogen-bond donors (Lipinski definition) is 0. The number of piperidine rings is 1. The van der Waals surface area contributed by atoms with E-state index in [1.54, 1.807) is 28.6 Å². The summed E-state index contributed by atoms with van der Waals surface area (Å²) in [6, 6.07) is 9.33. The van der Waals surface area contributed by atoms with E-state index in [1.165, 1.54) is 0 Å². The van der Waals surface area contributed by atoms with Crippen LogP contribution in [0.2, 0.25) is 0 Å². The molecule has 1 aromatic carbocycles. The molecule has 2 aliphatic heterocycles. The zero-order chi connectivity index (χ0) is 14.4. The summed E-state index contributed by atoms with van der Waals surface area (Å²) in [5.74, 6) is 0. The minimum atomic E-state index is -3.30. The lowest BCUT2D eigenvalue weighted by molar-refractivity contribution is 0.156. The second-order valence-electron chi connectivity index (χ2n) is 6.18. The van der Waals surface area contributed by atoms with Crippen molar-refractivity contribution in [2.75, 3.05) is 19.6 Å². The van der Waals surface area contributed by atoms with Gasteiger partial charge in [-0.3, -0.25) is 0 Å². The lowest BCUT2D eigenvalue weighted by Crippen LogP contribution is -2.43. The zero-order valence-corrected chi connectivity index (χ0v) is 12.9. The highest BCUT2D eigenvalue weighted by molar-refractivity contribution is 7.89. The second kappa shape index (κ2) is 4.83. The molecule has 0 radical (unpaired) electrons. The monoisotopic (exact) mass is 294 g/mol. The molecule has 5 heteroatoms. The normalized spacial score (nSPS) is 26.1. The van der Waals surface area contributed by atoms with Gasteiger partial charge in [-0.25, -0.2) is 8.42 Å². The highest BCUT2D eigenvalue weighted by Crippen LogP contribution is 2.46. The molecule has 2 saturated heterocycles. The van der Waals surface area contributed by atoms with Crippen LogP contribution >= 0.6 is 0 Å². The van der Waals surface area contributed by atoms with Crippen LogP contribution in [-0.4, -0.2) is 48.8 Å². The van der Waals surface area contributed by atoms with Crippen molar-refractivity contribution in [3.8, 4) is 0 Å². The van der Waals surface area contributed by atoms with Gasteiger partial charge in [0.1, 0.15) is 0 Å². The van der Waals surface area contributed by atoms with Gasteiger partial charge in [0.05, 0.1) is 10.4 Å². The van der Waals surface area contributed by atoms with E-state index < -0.39 is 10.0 Å². The van der Waals surface area contributed by atoms with Gasteiger partial charge in [0.15, 0.2) is 0 Å². The SMILES string of the molecule is CC(C)N1CCC2(CC1)CN2S(=O)(=O)c1ccccc1. The summed E-state index contributed by atoms with van der Waals surface area (Å²) in [5, 5.41) is 0. The molecule has 2 heterocycles. The number of hydrogen-bond acceptors (Lipinski definition) is 3. The first-order chi connectivity index (χ1) is 9.46. The maximum Gasteiger partial charge on any atom is 0.243 e. The Labute approximate surface area is 121 Å². The third-order valence-electron chi connectivity index (χ3n) is 4.65. The molecule has 1 aromatic rings. The Morgan fingerprint density at radius 1 is 1.10 bits per heavy atom. The summed E-state index contributed by atoms with van der Waals surface area (Å²) in [6.45, 7) is 7.08. The fourth-order valence-electron chi connectivity index (χ4n) is 3.16. The number of rotatable bonds is 3. The maximum atomic E-state index is 12.6. The number of nitrogens with zero attached hydrogens (tertiary/aromatic N) is 2. The van der Waals surface area contributed by atoms with Crippen molar-refractivity contribution in [2.24, 2.45) is 0 Å². The summed E-state index contributed by atoms with van der Waals surface area (Å²) in [6.07, 6.45) is 1.91. The van der Waals surface area contributed by atoms with Gasteiger partial charge >= 0.3 is 0 Å². The van der Waals surface area contributed by atoms with E-state index in [0.29, 0.717) is 17.5 Å². The van der Waals surface area contributed by atoms with Crippen LogP contribution in [0.25, 0.3) is 0 Å². The highest BCUT2D eigenvalue weighted by atomic mass is 32.2. The predicted molar refractivity (Wildman–Crippen MR) is 79.0 cm³/mol. The van der Waals surface area contributed by atoms with E-state index in [1.807, 2.05) is 6.07 Å². The number of likely N-dealkylation sites (tertiary alicyclic amines) is 1. The molecular formula is C15H22N2O2S. The molecule has 1 unspecified atom stereocenters. The average molecular weight is 294 g/mol. The van der Waals surface area contributed by atoms with Gasteiger partial charge in [-0.15, -0.1) is 0 Å². The number of sulfonamides is 1. The Balaban J connectivity index is 1.74. The van der Waals surface area contributed by atoms with Gasteiger partial charge in [-0.1, -0.05) is 18.2 Å². The summed E-state index contributed by atoms with van der Waals surface area (Å²) >= 11 is 0. The molecule has 2 fully saturated rings. The van der Waals surface area contributed by atoms with Crippen LogP contribution in [0.15, 0.2) is 35.2 Å². The van der Waals surface area contributed by atoms with Crippen LogP contribution in [0.5, 0.6) is 0 Å². The predicted octanol–water partition coefficient (Wildman–Crippen LogP) is 1.93. The summed E-state index contributed by atoms with van der Waals surface area (Å²) in [4.78, 5) is 2.85. The molecule has 0 bridgehead atoms. The van der Waals surface area contributed by atoms with Crippen LogP contribution in [-0.2, 0) is 10.0 Å². The minimum Gasteiger partial charge on any atom is -0.301 e. The van der Waals surface area contributed by atoms with Crippen molar-refractivity contribution in [3.05, 3.63) is 30.3 Å². The van der Waals surface area contributed by atoms with Gasteiger partial charge < -0.3 is 4.90 Å². The number of benzene rings is 1. The Morgan fingerprint density at radius 2 is 1.70 bits per heavy atom. The standard InChI is InChI=1S/C15H22N2O2S/c1-13(2)16-10-8-15(9-11-16)12-17(15)20(18,19)14-6-4-3-5-7-14/h3-7,13H,8-12H2,1-2H3. The zero-order valence-electron chi connectivity index (χ0n) is 12.1. The second-order valence-corrected chi connectivity index (χ2v) is 8.04. The summed E-state index contributed by atoms with van der Waals surface area (Å²) < 4.78 is 26.9. The first kappa shape index (κ1) is 14.0. The van der Waals surface area contributed by atoms with Crippen molar-refractivity contribution in [1.82, 2.24) is 9.21 Å². The molecule has 3 rings (SSSR count). The molecule has 1 spiro atoms. The summed E-state index contributed by atoms with van der Waals surface area (Å²) in [7, 11) is -3.30. The molecule has 1 atom stereocenters. The van der Waals surface area contributed by atoms with Crippen LogP contribution in [0, 0.1) is 0 Å². The van der Waals surface area contributed by atoms with Crippen molar-refractivity contribution in [1.29, 1.82) is 0 Å². The van der Waals surface area contributed by atoms with E-state index in [9.17, 15) is 8.42 Å². The minimum absolute atomic E-state index is 0.0972. The van der Waals surface area contributed by atoms with E-state index >= 15 is 0 Å². The van der Waals surface area contributed by atoms with Gasteiger partial charge in [0.25, 0.3) is 0 Å². The molecule has 20 heavy (non-hydrogen) atoms. The molecule has 0 aliphatic carbocycles. The smallest absolute Gasteiger partial charge is 0.243 e. The molecule has 0 saturated carbocycles. The molecule has 110 valence electrons. The average Bonchev–Trinajstić information content (AvgIpc) is 3.15. The van der Waals surface area contributed by atoms with Crippen molar-refractivity contribution in [3.63, 3.8) is 0 Å².